The highest BCUT2D eigenvalue weighted by Crippen LogP contribution is 2.48. The minimum atomic E-state index is -6.26. The molecular formula is C11H7F8IO. The summed E-state index contributed by atoms with van der Waals surface area (Å²) in [6.07, 6.45) is -4.93. The summed E-state index contributed by atoms with van der Waals surface area (Å²) in [5, 5.41) is 0. The number of rotatable bonds is 6. The van der Waals surface area contributed by atoms with E-state index >= 15 is 0 Å². The Balaban J connectivity index is 2.93. The van der Waals surface area contributed by atoms with Gasteiger partial charge in [0.2, 0.25) is 0 Å². The van der Waals surface area contributed by atoms with E-state index in [0.29, 0.717) is 0 Å². The van der Waals surface area contributed by atoms with Gasteiger partial charge >= 0.3 is 24.2 Å². The Labute approximate surface area is 127 Å². The zero-order valence-corrected chi connectivity index (χ0v) is 12.1. The van der Waals surface area contributed by atoms with Crippen LogP contribution in [0.2, 0.25) is 0 Å². The van der Waals surface area contributed by atoms with Crippen LogP contribution in [0.5, 0.6) is 5.75 Å². The summed E-state index contributed by atoms with van der Waals surface area (Å²) in [7, 11) is 0. The molecule has 0 saturated heterocycles. The predicted octanol–water partition coefficient (Wildman–Crippen LogP) is 4.84. The summed E-state index contributed by atoms with van der Waals surface area (Å²) >= 11 is 1.63. The van der Waals surface area contributed by atoms with E-state index in [4.69, 9.17) is 0 Å². The monoisotopic (exact) mass is 434 g/mol. The summed E-state index contributed by atoms with van der Waals surface area (Å²) in [6, 6.07) is 5.36. The van der Waals surface area contributed by atoms with Crippen LogP contribution in [0.4, 0.5) is 35.1 Å². The van der Waals surface area contributed by atoms with Gasteiger partial charge in [-0.05, 0) is 34.7 Å². The van der Waals surface area contributed by atoms with Gasteiger partial charge in [-0.25, -0.2) is 8.78 Å². The fraction of sp³-hybridized carbons (Fsp3) is 0.455. The Hall–Kier alpha value is -0.810. The number of ether oxygens (including phenoxy) is 1. The first-order valence-corrected chi connectivity index (χ1v) is 6.30. The van der Waals surface area contributed by atoms with Crippen LogP contribution < -0.4 is 4.74 Å². The standard InChI is InChI=1S/C11H7F8IO/c12-8(13)10(16,17)11(18,19)9(14,15)5-21-7-4-2-1-3-6(7)20/h1-4,8H,5H2. The van der Waals surface area contributed by atoms with E-state index < -0.39 is 30.8 Å². The maximum absolute atomic E-state index is 13.2. The second-order valence-electron chi connectivity index (χ2n) is 3.92. The Bertz CT molecular complexity index is 491. The lowest BCUT2D eigenvalue weighted by Crippen LogP contribution is -2.59. The van der Waals surface area contributed by atoms with Gasteiger partial charge in [0.05, 0.1) is 3.57 Å². The molecule has 0 amide bonds. The van der Waals surface area contributed by atoms with Crippen LogP contribution >= 0.6 is 22.6 Å². The van der Waals surface area contributed by atoms with Crippen LogP contribution in [0.1, 0.15) is 0 Å². The molecule has 0 N–H and O–H groups in total. The third kappa shape index (κ3) is 3.51. The molecule has 0 aliphatic carbocycles. The zero-order valence-electron chi connectivity index (χ0n) is 9.90. The fourth-order valence-electron chi connectivity index (χ4n) is 1.20. The molecule has 1 nitrogen and oxygen atoms in total. The number of halogens is 9. The lowest BCUT2D eigenvalue weighted by atomic mass is 10.1. The van der Waals surface area contributed by atoms with Gasteiger partial charge in [-0.15, -0.1) is 0 Å². The molecule has 1 aromatic carbocycles. The quantitative estimate of drug-likeness (QED) is 0.460. The van der Waals surface area contributed by atoms with Gasteiger partial charge in [-0.2, -0.15) is 26.3 Å². The van der Waals surface area contributed by atoms with Gasteiger partial charge < -0.3 is 4.74 Å². The van der Waals surface area contributed by atoms with Gasteiger partial charge in [-0.1, -0.05) is 12.1 Å². The molecule has 0 spiro atoms. The fourth-order valence-corrected chi connectivity index (χ4v) is 1.74. The van der Waals surface area contributed by atoms with Crippen molar-refractivity contribution < 1.29 is 39.9 Å². The van der Waals surface area contributed by atoms with E-state index in [1.807, 2.05) is 0 Å². The summed E-state index contributed by atoms with van der Waals surface area (Å²) in [4.78, 5) is 0. The Morgan fingerprint density at radius 1 is 1.00 bits per heavy atom. The SMILES string of the molecule is FC(F)C(F)(F)C(F)(F)C(F)(F)COc1ccccc1I. The molecule has 10 heteroatoms. The van der Waals surface area contributed by atoms with Crippen molar-refractivity contribution in [1.29, 1.82) is 0 Å². The largest absolute Gasteiger partial charge is 0.486 e. The Morgan fingerprint density at radius 2 is 1.52 bits per heavy atom. The molecular weight excluding hydrogens is 427 g/mol. The summed E-state index contributed by atoms with van der Waals surface area (Å²) in [5.74, 6) is -18.2. The summed E-state index contributed by atoms with van der Waals surface area (Å²) in [5.41, 5.74) is 0. The maximum atomic E-state index is 13.2. The van der Waals surface area contributed by atoms with Crippen molar-refractivity contribution in [3.05, 3.63) is 27.8 Å². The topological polar surface area (TPSA) is 9.23 Å². The van der Waals surface area contributed by atoms with Crippen LogP contribution in [0.15, 0.2) is 24.3 Å². The first-order chi connectivity index (χ1) is 9.43. The average molecular weight is 434 g/mol. The van der Waals surface area contributed by atoms with Crippen molar-refractivity contribution in [2.24, 2.45) is 0 Å². The average Bonchev–Trinajstić information content (AvgIpc) is 2.37. The molecule has 0 bridgehead atoms. The molecule has 0 fully saturated rings. The molecule has 0 atom stereocenters. The van der Waals surface area contributed by atoms with Crippen molar-refractivity contribution in [3.63, 3.8) is 0 Å². The summed E-state index contributed by atoms with van der Waals surface area (Å²) < 4.78 is 106. The molecule has 0 unspecified atom stereocenters. The van der Waals surface area contributed by atoms with E-state index in [1.165, 1.54) is 18.2 Å². The maximum Gasteiger partial charge on any atom is 0.381 e. The Kier molecular flexibility index (Phi) is 5.32. The number of hydrogen-bond acceptors (Lipinski definition) is 1. The highest BCUT2D eigenvalue weighted by atomic mass is 127. The number of alkyl halides is 8. The van der Waals surface area contributed by atoms with Crippen molar-refractivity contribution in [3.8, 4) is 5.75 Å². The molecule has 1 rings (SSSR count). The Morgan fingerprint density at radius 3 is 2.00 bits per heavy atom. The van der Waals surface area contributed by atoms with Crippen LogP contribution in [0.25, 0.3) is 0 Å². The van der Waals surface area contributed by atoms with Crippen molar-refractivity contribution >= 4 is 22.6 Å². The summed E-state index contributed by atoms with van der Waals surface area (Å²) in [6.45, 7) is -2.16. The number of benzene rings is 1. The van der Waals surface area contributed by atoms with Crippen molar-refractivity contribution in [2.45, 2.75) is 24.2 Å². The second-order valence-corrected chi connectivity index (χ2v) is 5.08. The van der Waals surface area contributed by atoms with Gasteiger partial charge in [0.15, 0.2) is 6.61 Å². The third-order valence-corrected chi connectivity index (χ3v) is 3.29. The van der Waals surface area contributed by atoms with Crippen LogP contribution in [-0.2, 0) is 0 Å². The molecule has 0 heterocycles. The van der Waals surface area contributed by atoms with E-state index in [-0.39, 0.29) is 9.32 Å². The molecule has 1 aromatic rings. The normalized spacial score (nSPS) is 13.6. The van der Waals surface area contributed by atoms with Crippen molar-refractivity contribution in [2.75, 3.05) is 6.61 Å². The molecule has 0 aliphatic heterocycles. The van der Waals surface area contributed by atoms with E-state index in [1.54, 1.807) is 22.6 Å². The molecule has 0 aliphatic rings. The minimum Gasteiger partial charge on any atom is -0.486 e. The third-order valence-electron chi connectivity index (χ3n) is 2.40. The van der Waals surface area contributed by atoms with E-state index in [0.717, 1.165) is 6.07 Å². The molecule has 21 heavy (non-hydrogen) atoms. The molecule has 0 aromatic heterocycles. The zero-order chi connectivity index (χ0) is 16.5. The highest BCUT2D eigenvalue weighted by Gasteiger charge is 2.75. The van der Waals surface area contributed by atoms with Gasteiger partial charge in [0.1, 0.15) is 5.75 Å². The van der Waals surface area contributed by atoms with Crippen LogP contribution in [-0.4, -0.2) is 30.8 Å². The van der Waals surface area contributed by atoms with Gasteiger partial charge in [0, 0.05) is 0 Å². The number of para-hydroxylation sites is 1. The second kappa shape index (κ2) is 6.13. The van der Waals surface area contributed by atoms with Gasteiger partial charge in [0.25, 0.3) is 0 Å². The van der Waals surface area contributed by atoms with Gasteiger partial charge in [-0.3, -0.25) is 0 Å². The highest BCUT2D eigenvalue weighted by molar-refractivity contribution is 14.1. The van der Waals surface area contributed by atoms with E-state index in [9.17, 15) is 35.1 Å². The lowest BCUT2D eigenvalue weighted by Gasteiger charge is -2.32. The first-order valence-electron chi connectivity index (χ1n) is 5.22. The van der Waals surface area contributed by atoms with Crippen LogP contribution in [0, 0.1) is 3.57 Å². The van der Waals surface area contributed by atoms with E-state index in [2.05, 4.69) is 4.74 Å². The lowest BCUT2D eigenvalue weighted by molar-refractivity contribution is -0.342. The van der Waals surface area contributed by atoms with Crippen LogP contribution in [0.3, 0.4) is 0 Å². The molecule has 120 valence electrons. The molecule has 0 radical (unpaired) electrons. The minimum absolute atomic E-state index is 0.256. The number of hydrogen-bond donors (Lipinski definition) is 0. The first kappa shape index (κ1) is 18.2. The predicted molar refractivity (Wildman–Crippen MR) is 65.5 cm³/mol. The molecule has 0 saturated carbocycles. The van der Waals surface area contributed by atoms with Crippen molar-refractivity contribution in [1.82, 2.24) is 0 Å². The smallest absolute Gasteiger partial charge is 0.381 e.